The lowest BCUT2D eigenvalue weighted by Gasteiger charge is -2.33. The lowest BCUT2D eigenvalue weighted by Crippen LogP contribution is -2.35. The van der Waals surface area contributed by atoms with Crippen LogP contribution in [0.15, 0.2) is 36.5 Å². The van der Waals surface area contributed by atoms with E-state index in [9.17, 15) is 15.0 Å². The molecule has 1 aliphatic carbocycles. The second-order valence-electron chi connectivity index (χ2n) is 4.70. The summed E-state index contributed by atoms with van der Waals surface area (Å²) >= 11 is 0. The van der Waals surface area contributed by atoms with Gasteiger partial charge in [0.05, 0.1) is 19.8 Å². The summed E-state index contributed by atoms with van der Waals surface area (Å²) in [6.07, 6.45) is 12.1. The van der Waals surface area contributed by atoms with E-state index in [-0.39, 0.29) is 25.1 Å². The van der Waals surface area contributed by atoms with Gasteiger partial charge in [0.25, 0.3) is 0 Å². The third-order valence-electron chi connectivity index (χ3n) is 3.29. The summed E-state index contributed by atoms with van der Waals surface area (Å²) in [6, 6.07) is 0. The van der Waals surface area contributed by atoms with Crippen LogP contribution in [0.4, 0.5) is 0 Å². The van der Waals surface area contributed by atoms with E-state index in [0.717, 1.165) is 12.8 Å². The molecule has 0 heterocycles. The van der Waals surface area contributed by atoms with Gasteiger partial charge in [-0.05, 0) is 6.42 Å². The van der Waals surface area contributed by atoms with E-state index < -0.39 is 5.41 Å². The van der Waals surface area contributed by atoms with E-state index >= 15 is 0 Å². The third-order valence-corrected chi connectivity index (χ3v) is 3.29. The van der Waals surface area contributed by atoms with Crippen LogP contribution in [0.3, 0.4) is 0 Å². The van der Waals surface area contributed by atoms with E-state index in [0.29, 0.717) is 6.61 Å². The van der Waals surface area contributed by atoms with Crippen molar-refractivity contribution in [3.05, 3.63) is 36.5 Å². The van der Waals surface area contributed by atoms with Crippen LogP contribution in [0.25, 0.3) is 0 Å². The van der Waals surface area contributed by atoms with Crippen LogP contribution < -0.4 is 0 Å². The number of carbonyl (C=O) groups is 1. The maximum Gasteiger partial charge on any atom is 0.330 e. The summed E-state index contributed by atoms with van der Waals surface area (Å²) in [7, 11) is 0. The first-order valence-corrected chi connectivity index (χ1v) is 6.61. The largest absolute Gasteiger partial charge is 0.463 e. The molecule has 0 amide bonds. The van der Waals surface area contributed by atoms with Crippen molar-refractivity contribution in [2.45, 2.75) is 19.8 Å². The Bertz CT molecular complexity index is 364. The van der Waals surface area contributed by atoms with Crippen molar-refractivity contribution < 1.29 is 19.7 Å². The fourth-order valence-electron chi connectivity index (χ4n) is 1.90. The molecule has 0 aromatic heterocycles. The van der Waals surface area contributed by atoms with E-state index in [4.69, 9.17) is 4.74 Å². The molecule has 0 spiro atoms. The molecule has 0 bridgehead atoms. The van der Waals surface area contributed by atoms with Crippen LogP contribution in [-0.4, -0.2) is 36.0 Å². The molecule has 1 rings (SSSR count). The van der Waals surface area contributed by atoms with Crippen LogP contribution >= 0.6 is 0 Å². The SMILES string of the molecule is CCCCOC(=O)C=CC1C=CC=CC1(CO)CO. The van der Waals surface area contributed by atoms with Gasteiger partial charge in [0.1, 0.15) is 0 Å². The van der Waals surface area contributed by atoms with Crippen LogP contribution in [0, 0.1) is 11.3 Å². The van der Waals surface area contributed by atoms with E-state index in [1.54, 1.807) is 18.2 Å². The standard InChI is InChI=1S/C15H22O4/c1-2-3-10-19-14(18)8-7-13-6-4-5-9-15(13,11-16)12-17/h4-9,13,16-17H,2-3,10-12H2,1H3. The smallest absolute Gasteiger partial charge is 0.330 e. The van der Waals surface area contributed by atoms with Crippen LogP contribution in [-0.2, 0) is 9.53 Å². The number of carbonyl (C=O) groups excluding carboxylic acids is 1. The molecule has 0 aromatic carbocycles. The van der Waals surface area contributed by atoms with Gasteiger partial charge >= 0.3 is 5.97 Å². The minimum Gasteiger partial charge on any atom is -0.463 e. The summed E-state index contributed by atoms with van der Waals surface area (Å²) in [6.45, 7) is 2.10. The van der Waals surface area contributed by atoms with Crippen LogP contribution in [0.1, 0.15) is 19.8 Å². The molecular formula is C15H22O4. The summed E-state index contributed by atoms with van der Waals surface area (Å²) < 4.78 is 5.02. The predicted octanol–water partition coefficient (Wildman–Crippen LogP) is 1.60. The van der Waals surface area contributed by atoms with Crippen molar-refractivity contribution in [2.75, 3.05) is 19.8 Å². The van der Waals surface area contributed by atoms with Crippen molar-refractivity contribution in [2.24, 2.45) is 11.3 Å². The zero-order chi connectivity index (χ0) is 14.1. The van der Waals surface area contributed by atoms with Gasteiger partial charge < -0.3 is 14.9 Å². The van der Waals surface area contributed by atoms with Crippen molar-refractivity contribution >= 4 is 5.97 Å². The maximum atomic E-state index is 11.5. The number of hydrogen-bond donors (Lipinski definition) is 2. The first kappa shape index (κ1) is 15.7. The Morgan fingerprint density at radius 1 is 1.37 bits per heavy atom. The van der Waals surface area contributed by atoms with E-state index in [1.165, 1.54) is 6.08 Å². The topological polar surface area (TPSA) is 66.8 Å². The van der Waals surface area contributed by atoms with Crippen molar-refractivity contribution in [1.29, 1.82) is 0 Å². The molecule has 0 saturated carbocycles. The monoisotopic (exact) mass is 266 g/mol. The van der Waals surface area contributed by atoms with Gasteiger partial charge in [-0.25, -0.2) is 4.79 Å². The number of esters is 1. The van der Waals surface area contributed by atoms with Gasteiger partial charge in [0, 0.05) is 17.4 Å². The Balaban J connectivity index is 2.61. The first-order chi connectivity index (χ1) is 9.18. The summed E-state index contributed by atoms with van der Waals surface area (Å²) in [5.41, 5.74) is -0.741. The van der Waals surface area contributed by atoms with Crippen molar-refractivity contribution in [1.82, 2.24) is 0 Å². The Morgan fingerprint density at radius 3 is 2.74 bits per heavy atom. The molecule has 1 atom stereocenters. The maximum absolute atomic E-state index is 11.5. The Labute approximate surface area is 114 Å². The zero-order valence-corrected chi connectivity index (χ0v) is 11.3. The number of rotatable bonds is 7. The zero-order valence-electron chi connectivity index (χ0n) is 11.3. The minimum absolute atomic E-state index is 0.176. The van der Waals surface area contributed by atoms with Gasteiger partial charge in [-0.15, -0.1) is 0 Å². The molecule has 106 valence electrons. The molecule has 1 aliphatic rings. The predicted molar refractivity (Wildman–Crippen MR) is 73.4 cm³/mol. The van der Waals surface area contributed by atoms with Gasteiger partial charge in [0.15, 0.2) is 0 Å². The van der Waals surface area contributed by atoms with E-state index in [2.05, 4.69) is 0 Å². The first-order valence-electron chi connectivity index (χ1n) is 6.61. The Morgan fingerprint density at radius 2 is 2.11 bits per heavy atom. The van der Waals surface area contributed by atoms with Crippen LogP contribution in [0.5, 0.6) is 0 Å². The molecule has 19 heavy (non-hydrogen) atoms. The Kier molecular flexibility index (Phi) is 6.53. The molecule has 2 N–H and O–H groups in total. The average Bonchev–Trinajstić information content (AvgIpc) is 2.45. The molecule has 4 heteroatoms. The number of hydrogen-bond acceptors (Lipinski definition) is 4. The van der Waals surface area contributed by atoms with Gasteiger partial charge in [0.2, 0.25) is 0 Å². The minimum atomic E-state index is -0.741. The highest BCUT2D eigenvalue weighted by atomic mass is 16.5. The molecule has 1 unspecified atom stereocenters. The molecular weight excluding hydrogens is 244 g/mol. The highest BCUT2D eigenvalue weighted by molar-refractivity contribution is 5.82. The summed E-state index contributed by atoms with van der Waals surface area (Å²) in [5, 5.41) is 18.9. The number of allylic oxidation sites excluding steroid dienone is 4. The van der Waals surface area contributed by atoms with Crippen LogP contribution in [0.2, 0.25) is 0 Å². The fraction of sp³-hybridized carbons (Fsp3) is 0.533. The van der Waals surface area contributed by atoms with Gasteiger partial charge in [-0.2, -0.15) is 0 Å². The molecule has 0 radical (unpaired) electrons. The lowest BCUT2D eigenvalue weighted by molar-refractivity contribution is -0.137. The quantitative estimate of drug-likeness (QED) is 0.417. The second-order valence-corrected chi connectivity index (χ2v) is 4.70. The molecule has 0 saturated heterocycles. The summed E-state index contributed by atoms with van der Waals surface area (Å²) in [5.74, 6) is -0.604. The normalized spacial score (nSPS) is 20.9. The number of unbranched alkanes of at least 4 members (excludes halogenated alkanes) is 1. The average molecular weight is 266 g/mol. The molecule has 4 nitrogen and oxygen atoms in total. The second kappa shape index (κ2) is 7.92. The van der Waals surface area contributed by atoms with Crippen molar-refractivity contribution in [3.8, 4) is 0 Å². The Hall–Kier alpha value is -1.39. The highest BCUT2D eigenvalue weighted by Gasteiger charge is 2.33. The lowest BCUT2D eigenvalue weighted by atomic mass is 9.74. The molecule has 0 aliphatic heterocycles. The number of ether oxygens (including phenoxy) is 1. The molecule has 0 aromatic rings. The van der Waals surface area contributed by atoms with Gasteiger partial charge in [-0.1, -0.05) is 43.7 Å². The number of aliphatic hydroxyl groups is 2. The van der Waals surface area contributed by atoms with Gasteiger partial charge in [-0.3, -0.25) is 0 Å². The molecule has 0 fully saturated rings. The van der Waals surface area contributed by atoms with Crippen molar-refractivity contribution in [3.63, 3.8) is 0 Å². The highest BCUT2D eigenvalue weighted by Crippen LogP contribution is 2.33. The number of aliphatic hydroxyl groups excluding tert-OH is 2. The fourth-order valence-corrected chi connectivity index (χ4v) is 1.90. The third kappa shape index (κ3) is 4.33. The summed E-state index contributed by atoms with van der Waals surface area (Å²) in [4.78, 5) is 11.5. The van der Waals surface area contributed by atoms with E-state index in [1.807, 2.05) is 19.1 Å².